The van der Waals surface area contributed by atoms with Gasteiger partial charge in [0, 0.05) is 0 Å². The van der Waals surface area contributed by atoms with Crippen molar-refractivity contribution in [1.29, 1.82) is 0 Å². The highest BCUT2D eigenvalue weighted by Gasteiger charge is 1.79. The highest BCUT2D eigenvalue weighted by Crippen LogP contribution is 1.99. The molecular formula is C13H22. The van der Waals surface area contributed by atoms with Crippen LogP contribution in [-0.4, -0.2) is 0 Å². The van der Waals surface area contributed by atoms with Crippen LogP contribution in [0.4, 0.5) is 0 Å². The van der Waals surface area contributed by atoms with E-state index in [0.29, 0.717) is 0 Å². The van der Waals surface area contributed by atoms with Crippen molar-refractivity contribution in [3.63, 3.8) is 0 Å². The average molecular weight is 178 g/mol. The van der Waals surface area contributed by atoms with Crippen LogP contribution < -0.4 is 0 Å². The third-order valence-corrected chi connectivity index (χ3v) is 1.82. The fourth-order valence-electron chi connectivity index (χ4n) is 1.03. The molecule has 0 spiro atoms. The van der Waals surface area contributed by atoms with Crippen LogP contribution in [-0.2, 0) is 0 Å². The van der Waals surface area contributed by atoms with E-state index in [4.69, 9.17) is 0 Å². The summed E-state index contributed by atoms with van der Waals surface area (Å²) >= 11 is 0. The molecule has 0 amide bonds. The van der Waals surface area contributed by atoms with E-state index in [0.717, 1.165) is 6.42 Å². The lowest BCUT2D eigenvalue weighted by Crippen LogP contribution is -1.69. The van der Waals surface area contributed by atoms with Gasteiger partial charge in [0.25, 0.3) is 0 Å². The van der Waals surface area contributed by atoms with E-state index in [1.807, 2.05) is 0 Å². The zero-order valence-electron chi connectivity index (χ0n) is 9.00. The predicted molar refractivity (Wildman–Crippen MR) is 61.9 cm³/mol. The summed E-state index contributed by atoms with van der Waals surface area (Å²) in [5.41, 5.74) is 0. The number of hydrogen-bond acceptors (Lipinski definition) is 0. The van der Waals surface area contributed by atoms with E-state index in [1.165, 1.54) is 25.7 Å². The first-order chi connectivity index (χ1) is 6.41. The van der Waals surface area contributed by atoms with Gasteiger partial charge in [0.15, 0.2) is 0 Å². The summed E-state index contributed by atoms with van der Waals surface area (Å²) in [6.07, 6.45) is 19.1. The van der Waals surface area contributed by atoms with E-state index in [9.17, 15) is 0 Å². The van der Waals surface area contributed by atoms with Crippen molar-refractivity contribution >= 4 is 0 Å². The minimum Gasteiger partial charge on any atom is -0.0848 e. The van der Waals surface area contributed by atoms with Crippen LogP contribution >= 0.6 is 0 Å². The smallest absolute Gasteiger partial charge is 0.0348 e. The Balaban J connectivity index is 3.29. The van der Waals surface area contributed by atoms with Gasteiger partial charge in [-0.05, 0) is 19.3 Å². The van der Waals surface area contributed by atoms with Crippen LogP contribution in [0.5, 0.6) is 0 Å². The molecule has 0 nitrogen and oxygen atoms in total. The van der Waals surface area contributed by atoms with Gasteiger partial charge in [-0.1, -0.05) is 63.1 Å². The summed E-state index contributed by atoms with van der Waals surface area (Å²) in [6, 6.07) is 0. The maximum Gasteiger partial charge on any atom is -0.0348 e. The average Bonchev–Trinajstić information content (AvgIpc) is 2.16. The van der Waals surface area contributed by atoms with Crippen LogP contribution in [0.2, 0.25) is 0 Å². The standard InChI is InChI=1S/C13H22/c1-3-5-7-9-11-13-12-10-8-6-4-2/h5,7,9,11-13H,3-4,6,8,10H2,1-2H3/b7-5+,11-9+,13-12+. The van der Waals surface area contributed by atoms with Crippen molar-refractivity contribution in [2.24, 2.45) is 0 Å². The number of unbranched alkanes of at least 4 members (excludes halogenated alkanes) is 3. The molecule has 0 aliphatic carbocycles. The normalized spacial score (nSPS) is 12.5. The molecule has 0 aromatic rings. The molecule has 0 aromatic heterocycles. The molecule has 0 unspecified atom stereocenters. The van der Waals surface area contributed by atoms with E-state index < -0.39 is 0 Å². The first-order valence-electron chi connectivity index (χ1n) is 5.40. The fraction of sp³-hybridized carbons (Fsp3) is 0.538. The van der Waals surface area contributed by atoms with Gasteiger partial charge >= 0.3 is 0 Å². The van der Waals surface area contributed by atoms with Crippen molar-refractivity contribution in [3.05, 3.63) is 36.5 Å². The summed E-state index contributed by atoms with van der Waals surface area (Å²) in [5, 5.41) is 0. The quantitative estimate of drug-likeness (QED) is 0.393. The summed E-state index contributed by atoms with van der Waals surface area (Å²) in [6.45, 7) is 4.38. The zero-order valence-corrected chi connectivity index (χ0v) is 9.00. The van der Waals surface area contributed by atoms with Crippen LogP contribution in [0.15, 0.2) is 36.5 Å². The SMILES string of the molecule is CC/C=C/C=C/C=C/CCCCC. The fourth-order valence-corrected chi connectivity index (χ4v) is 1.03. The van der Waals surface area contributed by atoms with Gasteiger partial charge in [0.05, 0.1) is 0 Å². The molecule has 0 heterocycles. The van der Waals surface area contributed by atoms with Gasteiger partial charge in [0.2, 0.25) is 0 Å². The van der Waals surface area contributed by atoms with E-state index in [-0.39, 0.29) is 0 Å². The topological polar surface area (TPSA) is 0 Å². The molecule has 0 saturated carbocycles. The molecule has 0 heteroatoms. The third-order valence-electron chi connectivity index (χ3n) is 1.82. The highest BCUT2D eigenvalue weighted by atomic mass is 13.9. The summed E-state index contributed by atoms with van der Waals surface area (Å²) < 4.78 is 0. The second-order valence-electron chi connectivity index (χ2n) is 3.15. The van der Waals surface area contributed by atoms with Gasteiger partial charge in [-0.15, -0.1) is 0 Å². The Bertz CT molecular complexity index is 161. The zero-order chi connectivity index (χ0) is 9.78. The molecular weight excluding hydrogens is 156 g/mol. The van der Waals surface area contributed by atoms with E-state index in [2.05, 4.69) is 50.3 Å². The molecule has 74 valence electrons. The minimum atomic E-state index is 1.12. The Hall–Kier alpha value is -0.780. The Morgan fingerprint density at radius 1 is 0.769 bits per heavy atom. The van der Waals surface area contributed by atoms with Crippen LogP contribution in [0.25, 0.3) is 0 Å². The predicted octanol–water partition coefficient (Wildman–Crippen LogP) is 4.65. The number of rotatable bonds is 7. The monoisotopic (exact) mass is 178 g/mol. The van der Waals surface area contributed by atoms with E-state index in [1.54, 1.807) is 0 Å². The largest absolute Gasteiger partial charge is 0.0848 e. The van der Waals surface area contributed by atoms with Crippen molar-refractivity contribution in [2.75, 3.05) is 0 Å². The molecule has 0 N–H and O–H groups in total. The molecule has 13 heavy (non-hydrogen) atoms. The molecule has 0 aromatic carbocycles. The van der Waals surface area contributed by atoms with Gasteiger partial charge in [-0.3, -0.25) is 0 Å². The lowest BCUT2D eigenvalue weighted by Gasteiger charge is -1.89. The van der Waals surface area contributed by atoms with Crippen molar-refractivity contribution in [2.45, 2.75) is 46.0 Å². The summed E-state index contributed by atoms with van der Waals surface area (Å²) in [7, 11) is 0. The molecule has 0 bridgehead atoms. The molecule has 0 atom stereocenters. The van der Waals surface area contributed by atoms with Crippen LogP contribution in [0.1, 0.15) is 46.0 Å². The first-order valence-corrected chi connectivity index (χ1v) is 5.40. The van der Waals surface area contributed by atoms with Crippen LogP contribution in [0.3, 0.4) is 0 Å². The summed E-state index contributed by atoms with van der Waals surface area (Å²) in [5.74, 6) is 0. The first kappa shape index (κ1) is 12.2. The Morgan fingerprint density at radius 2 is 1.46 bits per heavy atom. The molecule has 0 rings (SSSR count). The maximum absolute atomic E-state index is 2.24. The lowest BCUT2D eigenvalue weighted by molar-refractivity contribution is 0.729. The third kappa shape index (κ3) is 11.2. The second kappa shape index (κ2) is 11.2. The van der Waals surface area contributed by atoms with Gasteiger partial charge in [-0.25, -0.2) is 0 Å². The summed E-state index contributed by atoms with van der Waals surface area (Å²) in [4.78, 5) is 0. The Morgan fingerprint density at radius 3 is 2.08 bits per heavy atom. The molecule has 0 aliphatic heterocycles. The molecule has 0 radical (unpaired) electrons. The maximum atomic E-state index is 2.24. The number of allylic oxidation sites excluding steroid dienone is 6. The minimum absolute atomic E-state index is 1.12. The van der Waals surface area contributed by atoms with Gasteiger partial charge < -0.3 is 0 Å². The highest BCUT2D eigenvalue weighted by molar-refractivity contribution is 5.10. The Labute approximate surface area is 83.0 Å². The van der Waals surface area contributed by atoms with Crippen LogP contribution in [0, 0.1) is 0 Å². The van der Waals surface area contributed by atoms with Crippen molar-refractivity contribution in [3.8, 4) is 0 Å². The number of hydrogen-bond donors (Lipinski definition) is 0. The molecule has 0 fully saturated rings. The van der Waals surface area contributed by atoms with Crippen molar-refractivity contribution in [1.82, 2.24) is 0 Å². The van der Waals surface area contributed by atoms with Gasteiger partial charge in [0.1, 0.15) is 0 Å². The van der Waals surface area contributed by atoms with Gasteiger partial charge in [-0.2, -0.15) is 0 Å². The molecule has 0 saturated heterocycles. The molecule has 0 aliphatic rings. The van der Waals surface area contributed by atoms with E-state index >= 15 is 0 Å². The Kier molecular flexibility index (Phi) is 10.5. The lowest BCUT2D eigenvalue weighted by atomic mass is 10.2. The van der Waals surface area contributed by atoms with Crippen molar-refractivity contribution < 1.29 is 0 Å². The second-order valence-corrected chi connectivity index (χ2v) is 3.15.